The molecule has 0 aliphatic carbocycles. The second-order valence-corrected chi connectivity index (χ2v) is 5.11. The van der Waals surface area contributed by atoms with Gasteiger partial charge < -0.3 is 5.21 Å². The summed E-state index contributed by atoms with van der Waals surface area (Å²) in [6.45, 7) is 2.21. The zero-order valence-electron chi connectivity index (χ0n) is 12.3. The monoisotopic (exact) mass is 275 g/mol. The zero-order chi connectivity index (χ0) is 14.6. The van der Waals surface area contributed by atoms with Crippen molar-refractivity contribution in [1.82, 2.24) is 0 Å². The second-order valence-electron chi connectivity index (χ2n) is 5.11. The molecule has 0 aliphatic heterocycles. The first-order valence-corrected chi connectivity index (χ1v) is 7.60. The molecule has 0 bridgehead atoms. The molecule has 0 amide bonds. The van der Waals surface area contributed by atoms with Gasteiger partial charge in [-0.2, -0.15) is 0 Å². The number of oxime groups is 1. The molecule has 0 saturated carbocycles. The second kappa shape index (κ2) is 10.2. The number of nitrogens with zero attached hydrogens (tertiary/aromatic N) is 1. The maximum atomic E-state index is 12.1. The third-order valence-corrected chi connectivity index (χ3v) is 3.44. The molecule has 1 aromatic rings. The normalized spacial score (nSPS) is 11.6. The van der Waals surface area contributed by atoms with Crippen molar-refractivity contribution >= 4 is 11.5 Å². The molecule has 1 aromatic carbocycles. The number of unbranched alkanes of at least 4 members (excludes halogenated alkanes) is 6. The zero-order valence-corrected chi connectivity index (χ0v) is 12.3. The van der Waals surface area contributed by atoms with Crippen molar-refractivity contribution in [3.63, 3.8) is 0 Å². The van der Waals surface area contributed by atoms with Crippen LogP contribution in [0.3, 0.4) is 0 Å². The third-order valence-electron chi connectivity index (χ3n) is 3.44. The van der Waals surface area contributed by atoms with Crippen molar-refractivity contribution in [2.75, 3.05) is 0 Å². The molecule has 0 saturated heterocycles. The minimum Gasteiger partial charge on any atom is -0.411 e. The van der Waals surface area contributed by atoms with Crippen LogP contribution in [0.4, 0.5) is 0 Å². The fourth-order valence-electron chi connectivity index (χ4n) is 2.21. The average molecular weight is 275 g/mol. The number of ketones is 1. The Morgan fingerprint density at radius 2 is 1.60 bits per heavy atom. The van der Waals surface area contributed by atoms with E-state index in [1.807, 2.05) is 18.2 Å². The van der Waals surface area contributed by atoms with Gasteiger partial charge in [-0.25, -0.2) is 0 Å². The summed E-state index contributed by atoms with van der Waals surface area (Å²) in [5, 5.41) is 12.2. The maximum absolute atomic E-state index is 12.1. The summed E-state index contributed by atoms with van der Waals surface area (Å²) >= 11 is 0. The number of rotatable bonds is 10. The number of carbonyl (C=O) groups is 1. The van der Waals surface area contributed by atoms with Gasteiger partial charge in [-0.15, -0.1) is 0 Å². The van der Waals surface area contributed by atoms with Crippen LogP contribution in [0.5, 0.6) is 0 Å². The number of carbonyl (C=O) groups excluding carboxylic acids is 1. The van der Waals surface area contributed by atoms with Gasteiger partial charge >= 0.3 is 0 Å². The van der Waals surface area contributed by atoms with E-state index in [1.54, 1.807) is 12.1 Å². The van der Waals surface area contributed by atoms with Gasteiger partial charge in [-0.3, -0.25) is 4.79 Å². The highest BCUT2D eigenvalue weighted by atomic mass is 16.4. The Morgan fingerprint density at radius 3 is 2.20 bits per heavy atom. The minimum absolute atomic E-state index is 0.168. The molecular formula is C17H25NO2. The molecule has 0 atom stereocenters. The predicted molar refractivity (Wildman–Crippen MR) is 82.6 cm³/mol. The fourth-order valence-corrected chi connectivity index (χ4v) is 2.21. The van der Waals surface area contributed by atoms with Gasteiger partial charge in [0.2, 0.25) is 5.78 Å². The Morgan fingerprint density at radius 1 is 1.00 bits per heavy atom. The smallest absolute Gasteiger partial charge is 0.210 e. The van der Waals surface area contributed by atoms with Crippen LogP contribution in [0.25, 0.3) is 0 Å². The quantitative estimate of drug-likeness (QED) is 0.218. The lowest BCUT2D eigenvalue weighted by atomic mass is 10.0. The third kappa shape index (κ3) is 6.00. The Hall–Kier alpha value is -1.64. The molecule has 0 fully saturated rings. The van der Waals surface area contributed by atoms with Crippen LogP contribution in [0.15, 0.2) is 35.5 Å². The highest BCUT2D eigenvalue weighted by molar-refractivity contribution is 6.45. The van der Waals surface area contributed by atoms with Gasteiger partial charge in [0.1, 0.15) is 5.71 Å². The van der Waals surface area contributed by atoms with E-state index in [0.717, 1.165) is 12.8 Å². The van der Waals surface area contributed by atoms with E-state index in [9.17, 15) is 4.79 Å². The molecule has 0 aromatic heterocycles. The van der Waals surface area contributed by atoms with Crippen LogP contribution >= 0.6 is 0 Å². The van der Waals surface area contributed by atoms with Crippen molar-refractivity contribution in [1.29, 1.82) is 0 Å². The van der Waals surface area contributed by atoms with Crippen molar-refractivity contribution < 1.29 is 10.0 Å². The van der Waals surface area contributed by atoms with Crippen LogP contribution in [0.1, 0.15) is 68.6 Å². The van der Waals surface area contributed by atoms with Crippen molar-refractivity contribution in [3.8, 4) is 0 Å². The first-order valence-electron chi connectivity index (χ1n) is 7.60. The van der Waals surface area contributed by atoms with E-state index in [-0.39, 0.29) is 11.5 Å². The number of hydrogen-bond acceptors (Lipinski definition) is 3. The molecule has 0 aliphatic rings. The van der Waals surface area contributed by atoms with Gasteiger partial charge in [-0.05, 0) is 12.8 Å². The van der Waals surface area contributed by atoms with Gasteiger partial charge in [0.15, 0.2) is 0 Å². The maximum Gasteiger partial charge on any atom is 0.210 e. The lowest BCUT2D eigenvalue weighted by Gasteiger charge is -2.04. The lowest BCUT2D eigenvalue weighted by Crippen LogP contribution is -2.14. The van der Waals surface area contributed by atoms with Gasteiger partial charge in [0, 0.05) is 5.56 Å². The van der Waals surface area contributed by atoms with E-state index in [0.29, 0.717) is 12.0 Å². The van der Waals surface area contributed by atoms with Crippen molar-refractivity contribution in [3.05, 3.63) is 35.9 Å². The number of benzene rings is 1. The summed E-state index contributed by atoms with van der Waals surface area (Å²) in [5.74, 6) is -0.168. The minimum atomic E-state index is -0.168. The predicted octanol–water partition coefficient (Wildman–Crippen LogP) is 4.84. The summed E-state index contributed by atoms with van der Waals surface area (Å²) in [4.78, 5) is 12.1. The molecule has 3 heteroatoms. The average Bonchev–Trinajstić information content (AvgIpc) is 2.50. The summed E-state index contributed by atoms with van der Waals surface area (Å²) < 4.78 is 0. The Labute approximate surface area is 121 Å². The van der Waals surface area contributed by atoms with Crippen LogP contribution < -0.4 is 0 Å². The topological polar surface area (TPSA) is 49.7 Å². The van der Waals surface area contributed by atoms with Crippen LogP contribution in [-0.4, -0.2) is 16.7 Å². The molecule has 110 valence electrons. The molecule has 0 spiro atoms. The summed E-state index contributed by atoms with van der Waals surface area (Å²) in [5.41, 5.74) is 0.855. The van der Waals surface area contributed by atoms with E-state index in [4.69, 9.17) is 5.21 Å². The van der Waals surface area contributed by atoms with Gasteiger partial charge in [0.25, 0.3) is 0 Å². The molecule has 0 radical (unpaired) electrons. The van der Waals surface area contributed by atoms with Crippen molar-refractivity contribution in [2.24, 2.45) is 5.16 Å². The van der Waals surface area contributed by atoms with Crippen LogP contribution in [0, 0.1) is 0 Å². The Bertz CT molecular complexity index is 412. The highest BCUT2D eigenvalue weighted by Crippen LogP contribution is 2.11. The summed E-state index contributed by atoms with van der Waals surface area (Å²) in [7, 11) is 0. The fraction of sp³-hybridized carbons (Fsp3) is 0.529. The molecular weight excluding hydrogens is 250 g/mol. The number of Topliss-reactive ketones (excluding diaryl/α,β-unsaturated/α-hetero) is 1. The standard InChI is InChI=1S/C17H25NO2/c1-2-3-4-5-6-7-11-14-16(18-20)17(19)15-12-9-8-10-13-15/h8-10,12-13,20H,2-7,11,14H2,1H3. The molecule has 3 nitrogen and oxygen atoms in total. The first kappa shape index (κ1) is 16.4. The van der Waals surface area contributed by atoms with Crippen molar-refractivity contribution in [2.45, 2.75) is 58.3 Å². The van der Waals surface area contributed by atoms with E-state index in [1.165, 1.54) is 32.1 Å². The van der Waals surface area contributed by atoms with E-state index < -0.39 is 0 Å². The summed E-state index contributed by atoms with van der Waals surface area (Å²) in [6.07, 6.45) is 8.85. The van der Waals surface area contributed by atoms with E-state index in [2.05, 4.69) is 12.1 Å². The SMILES string of the molecule is CCCCCCCCCC(=NO)C(=O)c1ccccc1. The molecule has 1 rings (SSSR count). The highest BCUT2D eigenvalue weighted by Gasteiger charge is 2.13. The largest absolute Gasteiger partial charge is 0.411 e. The first-order chi connectivity index (χ1) is 9.79. The molecule has 20 heavy (non-hydrogen) atoms. The van der Waals surface area contributed by atoms with Gasteiger partial charge in [-0.1, -0.05) is 80.9 Å². The Kier molecular flexibility index (Phi) is 8.36. The number of hydrogen-bond donors (Lipinski definition) is 1. The lowest BCUT2D eigenvalue weighted by molar-refractivity contribution is 0.105. The van der Waals surface area contributed by atoms with Gasteiger partial charge in [0.05, 0.1) is 0 Å². The Balaban J connectivity index is 2.29. The molecule has 0 heterocycles. The van der Waals surface area contributed by atoms with Crippen LogP contribution in [0.2, 0.25) is 0 Å². The molecule has 0 unspecified atom stereocenters. The van der Waals surface area contributed by atoms with E-state index >= 15 is 0 Å². The molecule has 1 N–H and O–H groups in total. The van der Waals surface area contributed by atoms with Crippen LogP contribution in [-0.2, 0) is 0 Å². The summed E-state index contributed by atoms with van der Waals surface area (Å²) in [6, 6.07) is 8.99.